The van der Waals surface area contributed by atoms with Crippen LogP contribution < -0.4 is 4.90 Å². The van der Waals surface area contributed by atoms with Crippen molar-refractivity contribution in [2.24, 2.45) is 17.8 Å². The minimum Gasteiger partial charge on any atom is -0.450 e. The van der Waals surface area contributed by atoms with Crippen LogP contribution >= 0.6 is 15.9 Å². The molecule has 2 amide bonds. The lowest BCUT2D eigenvalue weighted by atomic mass is 9.78. The summed E-state index contributed by atoms with van der Waals surface area (Å²) in [6, 6.07) is 21.3. The highest BCUT2D eigenvalue weighted by Crippen LogP contribution is 2.41. The van der Waals surface area contributed by atoms with Gasteiger partial charge in [0.05, 0.1) is 34.3 Å². The predicted molar refractivity (Wildman–Crippen MR) is 172 cm³/mol. The quantitative estimate of drug-likeness (QED) is 0.0890. The van der Waals surface area contributed by atoms with Crippen LogP contribution in [0.5, 0.6) is 0 Å². The van der Waals surface area contributed by atoms with E-state index in [1.807, 2.05) is 44.2 Å². The Kier molecular flexibility index (Phi) is 8.03. The molecule has 44 heavy (non-hydrogen) atoms. The number of aryl methyl sites for hydroxylation is 1. The maximum atomic E-state index is 13.7. The number of Topliss-reactive ketones (excluding diaryl/α,β-unsaturated/α-hetero) is 1. The largest absolute Gasteiger partial charge is 0.450 e. The van der Waals surface area contributed by atoms with Gasteiger partial charge in [-0.05, 0) is 61.6 Å². The number of anilines is 1. The molecule has 4 atom stereocenters. The summed E-state index contributed by atoms with van der Waals surface area (Å²) < 4.78 is 6.61. The molecule has 3 aromatic carbocycles. The van der Waals surface area contributed by atoms with E-state index >= 15 is 0 Å². The number of nitrogens with zero attached hydrogens (tertiary/aromatic N) is 2. The molecule has 1 aliphatic carbocycles. The van der Waals surface area contributed by atoms with E-state index in [-0.39, 0.29) is 40.9 Å². The Morgan fingerprint density at radius 2 is 1.75 bits per heavy atom. The maximum absolute atomic E-state index is 13.7. The van der Waals surface area contributed by atoms with Gasteiger partial charge < -0.3 is 4.74 Å². The van der Waals surface area contributed by atoms with Crippen LogP contribution in [0, 0.1) is 24.7 Å². The number of ketones is 1. The Labute approximate surface area is 264 Å². The van der Waals surface area contributed by atoms with Crippen molar-refractivity contribution in [3.8, 4) is 11.3 Å². The molecule has 6 rings (SSSR count). The van der Waals surface area contributed by atoms with Crippen molar-refractivity contribution >= 4 is 56.1 Å². The van der Waals surface area contributed by atoms with Crippen LogP contribution in [-0.4, -0.2) is 34.7 Å². The van der Waals surface area contributed by atoms with Gasteiger partial charge in [0.2, 0.25) is 17.6 Å². The Balaban J connectivity index is 1.34. The number of halogens is 1. The number of aromatic nitrogens is 1. The normalized spacial score (nSPS) is 20.1. The lowest BCUT2D eigenvalue weighted by molar-refractivity contribution is -0.122. The van der Waals surface area contributed by atoms with Gasteiger partial charge in [-0.15, -0.1) is 0 Å². The zero-order chi connectivity index (χ0) is 31.1. The molecule has 4 aromatic rings. The second-order valence-electron chi connectivity index (χ2n) is 11.4. The van der Waals surface area contributed by atoms with Crippen LogP contribution in [0.25, 0.3) is 22.2 Å². The summed E-state index contributed by atoms with van der Waals surface area (Å²) in [5.41, 5.74) is 3.98. The van der Waals surface area contributed by atoms with Crippen LogP contribution in [0.4, 0.5) is 5.69 Å². The summed E-state index contributed by atoms with van der Waals surface area (Å²) in [6.45, 7) is 5.69. The molecule has 1 saturated heterocycles. The van der Waals surface area contributed by atoms with E-state index in [0.717, 1.165) is 10.0 Å². The molecule has 8 heteroatoms. The van der Waals surface area contributed by atoms with Gasteiger partial charge in [-0.3, -0.25) is 19.3 Å². The van der Waals surface area contributed by atoms with E-state index in [9.17, 15) is 19.2 Å². The minimum absolute atomic E-state index is 0.00742. The first-order valence-corrected chi connectivity index (χ1v) is 15.5. The second-order valence-corrected chi connectivity index (χ2v) is 12.3. The number of allylic oxidation sites excluding steroid dienone is 2. The fourth-order valence-electron chi connectivity index (χ4n) is 6.26. The average molecular weight is 652 g/mol. The fraction of sp³-hybridized carbons (Fsp3) is 0.250. The Morgan fingerprint density at radius 1 is 1.02 bits per heavy atom. The number of carbonyl (C=O) groups is 4. The number of ether oxygens (including phenoxy) is 1. The molecule has 0 N–H and O–H groups in total. The standard InChI is InChI=1S/C36H31BrN2O5/c1-4-30(33(40)23-10-6-5-7-11-23)44-36(43)28-19-29(38-32-21(3)17-24(37)18-27(28)32)22-13-15-25(16-14-22)39-34(41)26-12-8-9-20(2)31(26)35(39)42/h5-11,13-20,26,30-31H,4,12H2,1-3H3. The molecule has 4 unspecified atom stereocenters. The summed E-state index contributed by atoms with van der Waals surface area (Å²) in [6.07, 6.45) is 3.94. The van der Waals surface area contributed by atoms with Crippen molar-refractivity contribution < 1.29 is 23.9 Å². The Bertz CT molecular complexity index is 1830. The van der Waals surface area contributed by atoms with Gasteiger partial charge in [-0.2, -0.15) is 0 Å². The van der Waals surface area contributed by atoms with Crippen molar-refractivity contribution in [2.45, 2.75) is 39.7 Å². The molecule has 1 fully saturated rings. The molecule has 1 aliphatic heterocycles. The molecule has 222 valence electrons. The minimum atomic E-state index is -0.943. The first-order valence-electron chi connectivity index (χ1n) is 14.7. The zero-order valence-corrected chi connectivity index (χ0v) is 26.2. The van der Waals surface area contributed by atoms with Crippen molar-refractivity contribution in [1.82, 2.24) is 4.98 Å². The highest BCUT2D eigenvalue weighted by molar-refractivity contribution is 9.10. The van der Waals surface area contributed by atoms with E-state index in [2.05, 4.69) is 15.9 Å². The number of carbonyl (C=O) groups excluding carboxylic acids is 4. The molecular formula is C36H31BrN2O5. The smallest absolute Gasteiger partial charge is 0.339 e. The van der Waals surface area contributed by atoms with Crippen molar-refractivity contribution in [3.05, 3.63) is 106 Å². The Morgan fingerprint density at radius 3 is 2.43 bits per heavy atom. The van der Waals surface area contributed by atoms with Gasteiger partial charge in [0.25, 0.3) is 0 Å². The molecular weight excluding hydrogens is 620 g/mol. The van der Waals surface area contributed by atoms with E-state index in [0.29, 0.717) is 46.3 Å². The molecule has 2 aliphatic rings. The highest BCUT2D eigenvalue weighted by atomic mass is 79.9. The average Bonchev–Trinajstić information content (AvgIpc) is 3.29. The Hall–Kier alpha value is -4.43. The van der Waals surface area contributed by atoms with Crippen LogP contribution in [0.3, 0.4) is 0 Å². The first kappa shape index (κ1) is 29.6. The van der Waals surface area contributed by atoms with E-state index in [4.69, 9.17) is 9.72 Å². The van der Waals surface area contributed by atoms with Crippen molar-refractivity contribution in [2.75, 3.05) is 4.90 Å². The van der Waals surface area contributed by atoms with Crippen LogP contribution in [-0.2, 0) is 14.3 Å². The first-order chi connectivity index (χ1) is 21.2. The lowest BCUT2D eigenvalue weighted by Crippen LogP contribution is -2.31. The van der Waals surface area contributed by atoms with Gasteiger partial charge in [-0.25, -0.2) is 9.78 Å². The molecule has 7 nitrogen and oxygen atoms in total. The van der Waals surface area contributed by atoms with E-state index in [1.54, 1.807) is 61.5 Å². The summed E-state index contributed by atoms with van der Waals surface area (Å²) in [4.78, 5) is 59.5. The number of hydrogen-bond donors (Lipinski definition) is 0. The molecule has 0 bridgehead atoms. The molecule has 0 radical (unpaired) electrons. The van der Waals surface area contributed by atoms with Gasteiger partial charge in [-0.1, -0.05) is 84.4 Å². The van der Waals surface area contributed by atoms with E-state index < -0.39 is 12.1 Å². The number of fused-ring (bicyclic) bond motifs is 2. The zero-order valence-electron chi connectivity index (χ0n) is 24.6. The van der Waals surface area contributed by atoms with Crippen LogP contribution in [0.15, 0.2) is 89.4 Å². The third kappa shape index (κ3) is 5.28. The number of benzene rings is 3. The number of imide groups is 1. The fourth-order valence-corrected chi connectivity index (χ4v) is 6.83. The molecule has 0 saturated carbocycles. The van der Waals surface area contributed by atoms with E-state index in [1.165, 1.54) is 4.90 Å². The summed E-state index contributed by atoms with van der Waals surface area (Å²) in [5, 5.41) is 0.600. The third-order valence-corrected chi connectivity index (χ3v) is 9.01. The topological polar surface area (TPSA) is 93.6 Å². The van der Waals surface area contributed by atoms with Gasteiger partial charge in [0, 0.05) is 21.0 Å². The molecule has 0 spiro atoms. The lowest BCUT2D eigenvalue weighted by Gasteiger charge is -2.22. The SMILES string of the molecule is CCC(OC(=O)c1cc(-c2ccc(N3C(=O)C4CC=CC(C)C4C3=O)cc2)nc2c(C)cc(Br)cc12)C(=O)c1ccccc1. The summed E-state index contributed by atoms with van der Waals surface area (Å²) in [7, 11) is 0. The number of pyridine rings is 1. The molecule has 1 aromatic heterocycles. The van der Waals surface area contributed by atoms with Gasteiger partial charge >= 0.3 is 5.97 Å². The molecule has 2 heterocycles. The highest BCUT2D eigenvalue weighted by Gasteiger charge is 2.50. The van der Waals surface area contributed by atoms with Crippen LogP contribution in [0.2, 0.25) is 0 Å². The predicted octanol–water partition coefficient (Wildman–Crippen LogP) is 7.49. The second kappa shape index (κ2) is 11.9. The number of rotatable bonds is 7. The number of esters is 1. The van der Waals surface area contributed by atoms with Gasteiger partial charge in [0.15, 0.2) is 6.10 Å². The summed E-state index contributed by atoms with van der Waals surface area (Å²) >= 11 is 3.53. The van der Waals surface area contributed by atoms with Gasteiger partial charge in [0.1, 0.15) is 0 Å². The third-order valence-electron chi connectivity index (χ3n) is 8.55. The van der Waals surface area contributed by atoms with Crippen molar-refractivity contribution in [1.29, 1.82) is 0 Å². The summed E-state index contributed by atoms with van der Waals surface area (Å²) in [5.74, 6) is -1.89. The number of hydrogen-bond acceptors (Lipinski definition) is 6. The number of amides is 2. The van der Waals surface area contributed by atoms with Crippen LogP contribution in [0.1, 0.15) is 53.0 Å². The maximum Gasteiger partial charge on any atom is 0.339 e. The monoisotopic (exact) mass is 650 g/mol. The van der Waals surface area contributed by atoms with Crippen molar-refractivity contribution in [3.63, 3.8) is 0 Å².